The maximum absolute atomic E-state index is 12.4. The molecule has 2 fully saturated rings. The molecular formula is C17H22ClN3O2. The van der Waals surface area contributed by atoms with Crippen LogP contribution in [0, 0.1) is 0 Å². The van der Waals surface area contributed by atoms with Crippen LogP contribution in [0.4, 0.5) is 0 Å². The van der Waals surface area contributed by atoms with Crippen molar-refractivity contribution in [2.75, 3.05) is 19.7 Å². The number of carbonyl (C=O) groups is 1. The summed E-state index contributed by atoms with van der Waals surface area (Å²) in [5, 5.41) is 0. The van der Waals surface area contributed by atoms with Gasteiger partial charge < -0.3 is 14.6 Å². The molecule has 1 atom stereocenters. The van der Waals surface area contributed by atoms with E-state index in [0.717, 1.165) is 62.2 Å². The van der Waals surface area contributed by atoms with Gasteiger partial charge in [0.2, 0.25) is 0 Å². The zero-order valence-electron chi connectivity index (χ0n) is 13.0. The number of benzene rings is 1. The highest BCUT2D eigenvalue weighted by molar-refractivity contribution is 5.85. The lowest BCUT2D eigenvalue weighted by atomic mass is 9.95. The average Bonchev–Trinajstić information content (AvgIpc) is 3.23. The third-order valence-electron chi connectivity index (χ3n) is 4.81. The third kappa shape index (κ3) is 3.21. The number of nitrogens with one attached hydrogen (secondary N) is 1. The van der Waals surface area contributed by atoms with Crippen LogP contribution >= 0.6 is 12.4 Å². The van der Waals surface area contributed by atoms with E-state index in [1.54, 1.807) is 0 Å². The standard InChI is InChI=1S/C17H21N3O2.ClH/c21-17(15-6-3-11-22-15)20-9-7-12(8-10-20)16-18-13-4-1-2-5-14(13)19-16;/h1-2,4-5,12,15H,3,6-11H2,(H,18,19);1H. The Morgan fingerprint density at radius 2 is 2.00 bits per heavy atom. The van der Waals surface area contributed by atoms with E-state index in [9.17, 15) is 4.79 Å². The summed E-state index contributed by atoms with van der Waals surface area (Å²) in [5.41, 5.74) is 2.12. The van der Waals surface area contributed by atoms with Gasteiger partial charge in [0.15, 0.2) is 0 Å². The fraction of sp³-hybridized carbons (Fsp3) is 0.529. The molecule has 0 saturated carbocycles. The van der Waals surface area contributed by atoms with Gasteiger partial charge in [0.05, 0.1) is 11.0 Å². The van der Waals surface area contributed by atoms with Crippen molar-refractivity contribution in [2.45, 2.75) is 37.7 Å². The topological polar surface area (TPSA) is 58.2 Å². The number of carbonyl (C=O) groups excluding carboxylic acids is 1. The fourth-order valence-electron chi connectivity index (χ4n) is 3.52. The summed E-state index contributed by atoms with van der Waals surface area (Å²) in [4.78, 5) is 22.5. The molecule has 23 heavy (non-hydrogen) atoms. The normalized spacial score (nSPS) is 22.3. The largest absolute Gasteiger partial charge is 0.368 e. The molecule has 1 amide bonds. The van der Waals surface area contributed by atoms with Gasteiger partial charge >= 0.3 is 0 Å². The van der Waals surface area contributed by atoms with Gasteiger partial charge in [-0.2, -0.15) is 0 Å². The lowest BCUT2D eigenvalue weighted by Crippen LogP contribution is -2.43. The van der Waals surface area contributed by atoms with E-state index in [2.05, 4.69) is 11.1 Å². The second-order valence-electron chi connectivity index (χ2n) is 6.24. The molecule has 1 aromatic heterocycles. The Bertz CT molecular complexity index is 640. The number of aromatic nitrogens is 2. The summed E-state index contributed by atoms with van der Waals surface area (Å²) in [6, 6.07) is 8.12. The second kappa shape index (κ2) is 6.89. The average molecular weight is 336 g/mol. The molecule has 0 spiro atoms. The van der Waals surface area contributed by atoms with Crippen LogP contribution in [0.15, 0.2) is 24.3 Å². The van der Waals surface area contributed by atoms with Crippen LogP contribution in [0.2, 0.25) is 0 Å². The Hall–Kier alpha value is -1.59. The van der Waals surface area contributed by atoms with Crippen LogP contribution in [0.5, 0.6) is 0 Å². The Kier molecular flexibility index (Phi) is 4.87. The number of H-pyrrole nitrogens is 1. The van der Waals surface area contributed by atoms with E-state index in [0.29, 0.717) is 5.92 Å². The Morgan fingerprint density at radius 3 is 2.70 bits per heavy atom. The molecule has 2 aliphatic heterocycles. The molecule has 6 heteroatoms. The monoisotopic (exact) mass is 335 g/mol. The van der Waals surface area contributed by atoms with Gasteiger partial charge in [-0.3, -0.25) is 4.79 Å². The number of halogens is 1. The zero-order valence-corrected chi connectivity index (χ0v) is 13.8. The molecule has 1 aromatic carbocycles. The van der Waals surface area contributed by atoms with Crippen LogP contribution in [0.3, 0.4) is 0 Å². The maximum atomic E-state index is 12.4. The summed E-state index contributed by atoms with van der Waals surface area (Å²) in [6.07, 6.45) is 3.63. The summed E-state index contributed by atoms with van der Waals surface area (Å²) >= 11 is 0. The molecule has 2 saturated heterocycles. The van der Waals surface area contributed by atoms with Gasteiger partial charge in [0.25, 0.3) is 5.91 Å². The van der Waals surface area contributed by atoms with Crippen LogP contribution < -0.4 is 0 Å². The fourth-order valence-corrected chi connectivity index (χ4v) is 3.52. The van der Waals surface area contributed by atoms with Crippen molar-refractivity contribution in [3.05, 3.63) is 30.1 Å². The molecule has 1 N–H and O–H groups in total. The van der Waals surface area contributed by atoms with E-state index in [1.165, 1.54) is 0 Å². The summed E-state index contributed by atoms with van der Waals surface area (Å²) in [7, 11) is 0. The number of para-hydroxylation sites is 2. The highest BCUT2D eigenvalue weighted by atomic mass is 35.5. The van der Waals surface area contributed by atoms with E-state index in [-0.39, 0.29) is 24.4 Å². The van der Waals surface area contributed by atoms with Crippen LogP contribution in [-0.2, 0) is 9.53 Å². The van der Waals surface area contributed by atoms with Crippen molar-refractivity contribution < 1.29 is 9.53 Å². The number of fused-ring (bicyclic) bond motifs is 1. The minimum Gasteiger partial charge on any atom is -0.368 e. The van der Waals surface area contributed by atoms with E-state index in [4.69, 9.17) is 9.72 Å². The lowest BCUT2D eigenvalue weighted by Gasteiger charge is -2.32. The molecule has 2 aliphatic rings. The van der Waals surface area contributed by atoms with Gasteiger partial charge in [-0.15, -0.1) is 12.4 Å². The van der Waals surface area contributed by atoms with Crippen LogP contribution in [-0.4, -0.2) is 46.6 Å². The molecular weight excluding hydrogens is 314 g/mol. The molecule has 2 aromatic rings. The van der Waals surface area contributed by atoms with Crippen LogP contribution in [0.25, 0.3) is 11.0 Å². The van der Waals surface area contributed by atoms with Crippen molar-refractivity contribution in [2.24, 2.45) is 0 Å². The van der Waals surface area contributed by atoms with Crippen molar-refractivity contribution in [1.82, 2.24) is 14.9 Å². The smallest absolute Gasteiger partial charge is 0.251 e. The molecule has 0 bridgehead atoms. The molecule has 1 unspecified atom stereocenters. The zero-order chi connectivity index (χ0) is 14.9. The maximum Gasteiger partial charge on any atom is 0.251 e. The Labute approximate surface area is 141 Å². The number of amides is 1. The predicted molar refractivity (Wildman–Crippen MR) is 90.9 cm³/mol. The molecule has 124 valence electrons. The number of ether oxygens (including phenoxy) is 1. The number of rotatable bonds is 2. The SMILES string of the molecule is Cl.O=C(C1CCCO1)N1CCC(c2nc3ccccc3[nH]2)CC1. The number of nitrogens with zero attached hydrogens (tertiary/aromatic N) is 2. The predicted octanol–water partition coefficient (Wildman–Crippen LogP) is 2.87. The Balaban J connectivity index is 0.00000156. The van der Waals surface area contributed by atoms with E-state index in [1.807, 2.05) is 23.1 Å². The minimum absolute atomic E-state index is 0. The number of likely N-dealkylation sites (tertiary alicyclic amines) is 1. The first kappa shape index (κ1) is 16.3. The van der Waals surface area contributed by atoms with Gasteiger partial charge in [-0.1, -0.05) is 12.1 Å². The number of hydrogen-bond donors (Lipinski definition) is 1. The second-order valence-corrected chi connectivity index (χ2v) is 6.24. The van der Waals surface area contributed by atoms with Crippen molar-refractivity contribution in [3.63, 3.8) is 0 Å². The molecule has 5 nitrogen and oxygen atoms in total. The Morgan fingerprint density at radius 1 is 1.22 bits per heavy atom. The molecule has 0 aliphatic carbocycles. The summed E-state index contributed by atoms with van der Waals surface area (Å²) in [5.74, 6) is 1.66. The quantitative estimate of drug-likeness (QED) is 0.918. The first-order chi connectivity index (χ1) is 10.8. The van der Waals surface area contributed by atoms with Gasteiger partial charge in [0.1, 0.15) is 11.9 Å². The first-order valence-electron chi connectivity index (χ1n) is 8.16. The van der Waals surface area contributed by atoms with Crippen molar-refractivity contribution >= 4 is 29.3 Å². The van der Waals surface area contributed by atoms with Crippen molar-refractivity contribution in [3.8, 4) is 0 Å². The molecule has 3 heterocycles. The van der Waals surface area contributed by atoms with E-state index < -0.39 is 0 Å². The van der Waals surface area contributed by atoms with E-state index >= 15 is 0 Å². The highest BCUT2D eigenvalue weighted by Crippen LogP contribution is 2.28. The minimum atomic E-state index is -0.192. The highest BCUT2D eigenvalue weighted by Gasteiger charge is 2.31. The number of hydrogen-bond acceptors (Lipinski definition) is 3. The number of aromatic amines is 1. The van der Waals surface area contributed by atoms with Gasteiger partial charge in [0, 0.05) is 25.6 Å². The van der Waals surface area contributed by atoms with Crippen molar-refractivity contribution in [1.29, 1.82) is 0 Å². The summed E-state index contributed by atoms with van der Waals surface area (Å²) in [6.45, 7) is 2.34. The number of piperidine rings is 1. The van der Waals surface area contributed by atoms with Gasteiger partial charge in [-0.05, 0) is 37.8 Å². The lowest BCUT2D eigenvalue weighted by molar-refractivity contribution is -0.142. The third-order valence-corrected chi connectivity index (χ3v) is 4.81. The van der Waals surface area contributed by atoms with Crippen LogP contribution in [0.1, 0.15) is 37.4 Å². The van der Waals surface area contributed by atoms with Gasteiger partial charge in [-0.25, -0.2) is 4.98 Å². The number of imidazole rings is 1. The molecule has 4 rings (SSSR count). The first-order valence-corrected chi connectivity index (χ1v) is 8.16. The summed E-state index contributed by atoms with van der Waals surface area (Å²) < 4.78 is 5.51. The molecule has 0 radical (unpaired) electrons.